The van der Waals surface area contributed by atoms with Crippen LogP contribution in [0.15, 0.2) is 42.5 Å². The summed E-state index contributed by atoms with van der Waals surface area (Å²) < 4.78 is 1.18. The number of fused-ring (bicyclic) bond motifs is 1. The zero-order valence-electron chi connectivity index (χ0n) is 17.8. The summed E-state index contributed by atoms with van der Waals surface area (Å²) in [5, 5.41) is 3.98. The Balaban J connectivity index is 1.24. The van der Waals surface area contributed by atoms with Crippen LogP contribution in [-0.2, 0) is 9.59 Å². The van der Waals surface area contributed by atoms with Gasteiger partial charge in [0.2, 0.25) is 11.8 Å². The Morgan fingerprint density at radius 3 is 2.65 bits per heavy atom. The standard InChI is InChI=1S/C25H27N3O2S/c1-16-7-12-21-22(13-16)31-25(27-21)17-8-10-19(11-9-17)26-24(30)18-14-23(29)28(15-18)20-5-3-2-4-6-20/h7-13,18,20H,2-6,14-15H2,1H3,(H,26,30). The maximum atomic E-state index is 12.8. The number of rotatable bonds is 4. The van der Waals surface area contributed by atoms with Crippen LogP contribution in [0.2, 0.25) is 0 Å². The van der Waals surface area contributed by atoms with Crippen molar-refractivity contribution in [3.8, 4) is 10.6 Å². The lowest BCUT2D eigenvalue weighted by molar-refractivity contribution is -0.130. The van der Waals surface area contributed by atoms with Crippen LogP contribution in [0.1, 0.15) is 44.1 Å². The van der Waals surface area contributed by atoms with Crippen molar-refractivity contribution in [2.75, 3.05) is 11.9 Å². The molecule has 2 fully saturated rings. The van der Waals surface area contributed by atoms with Gasteiger partial charge in [-0.25, -0.2) is 4.98 Å². The first kappa shape index (κ1) is 20.2. The molecule has 0 spiro atoms. The summed E-state index contributed by atoms with van der Waals surface area (Å²) in [6.07, 6.45) is 6.11. The van der Waals surface area contributed by atoms with Crippen molar-refractivity contribution in [1.29, 1.82) is 0 Å². The van der Waals surface area contributed by atoms with Crippen LogP contribution in [0.25, 0.3) is 20.8 Å². The molecule has 1 atom stereocenters. The third-order valence-corrected chi connectivity index (χ3v) is 7.56. The molecule has 0 radical (unpaired) electrons. The molecule has 5 rings (SSSR count). The minimum atomic E-state index is -0.262. The number of anilines is 1. The maximum Gasteiger partial charge on any atom is 0.229 e. The summed E-state index contributed by atoms with van der Waals surface area (Å²) in [6.45, 7) is 2.64. The Hall–Kier alpha value is -2.73. The fourth-order valence-corrected chi connectivity index (χ4v) is 5.82. The van der Waals surface area contributed by atoms with E-state index in [4.69, 9.17) is 4.98 Å². The largest absolute Gasteiger partial charge is 0.339 e. The van der Waals surface area contributed by atoms with E-state index in [-0.39, 0.29) is 17.7 Å². The first-order valence-electron chi connectivity index (χ1n) is 11.1. The molecule has 1 aromatic heterocycles. The van der Waals surface area contributed by atoms with E-state index in [1.807, 2.05) is 29.2 Å². The van der Waals surface area contributed by atoms with Crippen LogP contribution in [0.4, 0.5) is 5.69 Å². The highest BCUT2D eigenvalue weighted by atomic mass is 32.1. The summed E-state index contributed by atoms with van der Waals surface area (Å²) in [7, 11) is 0. The lowest BCUT2D eigenvalue weighted by atomic mass is 9.94. The average molecular weight is 434 g/mol. The number of likely N-dealkylation sites (tertiary alicyclic amines) is 1. The number of hydrogen-bond donors (Lipinski definition) is 1. The SMILES string of the molecule is Cc1ccc2nc(-c3ccc(NC(=O)C4CC(=O)N(C5CCCCC5)C4)cc3)sc2c1. The molecule has 2 aliphatic rings. The summed E-state index contributed by atoms with van der Waals surface area (Å²) in [5.74, 6) is -0.190. The highest BCUT2D eigenvalue weighted by molar-refractivity contribution is 7.21. The third kappa shape index (κ3) is 4.22. The molecule has 6 heteroatoms. The number of nitrogens with one attached hydrogen (secondary N) is 1. The maximum absolute atomic E-state index is 12.8. The normalized spacial score (nSPS) is 19.8. The number of aromatic nitrogens is 1. The van der Waals surface area contributed by atoms with E-state index in [1.54, 1.807) is 11.3 Å². The van der Waals surface area contributed by atoms with E-state index in [0.717, 1.165) is 34.6 Å². The van der Waals surface area contributed by atoms with Crippen LogP contribution >= 0.6 is 11.3 Å². The van der Waals surface area contributed by atoms with Crippen LogP contribution in [-0.4, -0.2) is 34.3 Å². The van der Waals surface area contributed by atoms with Gasteiger partial charge in [-0.2, -0.15) is 0 Å². The molecule has 1 saturated heterocycles. The second kappa shape index (κ2) is 8.42. The third-order valence-electron chi connectivity index (χ3n) is 6.49. The lowest BCUT2D eigenvalue weighted by Crippen LogP contribution is -2.38. The first-order valence-corrected chi connectivity index (χ1v) is 12.0. The molecule has 160 valence electrons. The summed E-state index contributed by atoms with van der Waals surface area (Å²) >= 11 is 1.68. The van der Waals surface area contributed by atoms with E-state index in [9.17, 15) is 9.59 Å². The molecular formula is C25H27N3O2S. The first-order chi connectivity index (χ1) is 15.1. The van der Waals surface area contributed by atoms with E-state index >= 15 is 0 Å². The van der Waals surface area contributed by atoms with E-state index < -0.39 is 0 Å². The van der Waals surface area contributed by atoms with Gasteiger partial charge in [-0.3, -0.25) is 9.59 Å². The quantitative estimate of drug-likeness (QED) is 0.600. The topological polar surface area (TPSA) is 62.3 Å². The van der Waals surface area contributed by atoms with Crippen molar-refractivity contribution >= 4 is 39.1 Å². The van der Waals surface area contributed by atoms with Crippen LogP contribution < -0.4 is 5.32 Å². The van der Waals surface area contributed by atoms with Gasteiger partial charge in [0.25, 0.3) is 0 Å². The number of hydrogen-bond acceptors (Lipinski definition) is 4. The minimum absolute atomic E-state index is 0.0603. The van der Waals surface area contributed by atoms with Gasteiger partial charge in [0.1, 0.15) is 5.01 Å². The van der Waals surface area contributed by atoms with Gasteiger partial charge in [0, 0.05) is 30.3 Å². The summed E-state index contributed by atoms with van der Waals surface area (Å²) in [5.41, 5.74) is 4.04. The molecular weight excluding hydrogens is 406 g/mol. The molecule has 1 aliphatic carbocycles. The molecule has 2 aromatic carbocycles. The molecule has 3 aromatic rings. The van der Waals surface area contributed by atoms with Gasteiger partial charge < -0.3 is 10.2 Å². The molecule has 1 unspecified atom stereocenters. The number of benzene rings is 2. The number of thiazole rings is 1. The average Bonchev–Trinajstić information content (AvgIpc) is 3.38. The van der Waals surface area contributed by atoms with Gasteiger partial charge >= 0.3 is 0 Å². The molecule has 5 nitrogen and oxygen atoms in total. The number of carbonyl (C=O) groups excluding carboxylic acids is 2. The monoisotopic (exact) mass is 433 g/mol. The molecule has 2 amide bonds. The Morgan fingerprint density at radius 1 is 1.10 bits per heavy atom. The zero-order valence-corrected chi connectivity index (χ0v) is 18.6. The molecule has 1 aliphatic heterocycles. The second-order valence-corrected chi connectivity index (χ2v) is 9.83. The number of carbonyl (C=O) groups is 2. The van der Waals surface area contributed by atoms with Crippen molar-refractivity contribution in [2.24, 2.45) is 5.92 Å². The highest BCUT2D eigenvalue weighted by Gasteiger charge is 2.38. The minimum Gasteiger partial charge on any atom is -0.339 e. The predicted octanol–water partition coefficient (Wildman–Crippen LogP) is 5.39. The van der Waals surface area contributed by atoms with Gasteiger partial charge in [-0.1, -0.05) is 25.3 Å². The lowest BCUT2D eigenvalue weighted by Gasteiger charge is -2.31. The van der Waals surface area contributed by atoms with Gasteiger partial charge in [0.15, 0.2) is 0 Å². The van der Waals surface area contributed by atoms with Gasteiger partial charge in [-0.15, -0.1) is 11.3 Å². The summed E-state index contributed by atoms with van der Waals surface area (Å²) in [6, 6.07) is 14.4. The van der Waals surface area contributed by atoms with E-state index in [2.05, 4.69) is 30.4 Å². The number of amides is 2. The van der Waals surface area contributed by atoms with Crippen LogP contribution in [0.3, 0.4) is 0 Å². The predicted molar refractivity (Wildman–Crippen MR) is 125 cm³/mol. The molecule has 0 bridgehead atoms. The van der Waals surface area contributed by atoms with Crippen LogP contribution in [0, 0.1) is 12.8 Å². The number of nitrogens with zero attached hydrogens (tertiary/aromatic N) is 2. The van der Waals surface area contributed by atoms with E-state index in [0.29, 0.717) is 19.0 Å². The zero-order chi connectivity index (χ0) is 21.4. The van der Waals surface area contributed by atoms with Crippen molar-refractivity contribution in [2.45, 2.75) is 51.5 Å². The fraction of sp³-hybridized carbons (Fsp3) is 0.400. The Morgan fingerprint density at radius 2 is 1.87 bits per heavy atom. The second-order valence-electron chi connectivity index (χ2n) is 8.80. The Bertz CT molecular complexity index is 1120. The van der Waals surface area contributed by atoms with Crippen molar-refractivity contribution in [3.05, 3.63) is 48.0 Å². The molecule has 1 N–H and O–H groups in total. The number of aryl methyl sites for hydroxylation is 1. The van der Waals surface area contributed by atoms with Crippen molar-refractivity contribution < 1.29 is 9.59 Å². The summed E-state index contributed by atoms with van der Waals surface area (Å²) in [4.78, 5) is 32.0. The van der Waals surface area contributed by atoms with E-state index in [1.165, 1.54) is 29.5 Å². The Kier molecular flexibility index (Phi) is 5.48. The van der Waals surface area contributed by atoms with Gasteiger partial charge in [-0.05, 0) is 61.7 Å². The Labute approximate surface area is 186 Å². The fourth-order valence-electron chi connectivity index (χ4n) is 4.75. The smallest absolute Gasteiger partial charge is 0.229 e. The highest BCUT2D eigenvalue weighted by Crippen LogP contribution is 2.32. The van der Waals surface area contributed by atoms with Crippen molar-refractivity contribution in [3.63, 3.8) is 0 Å². The molecule has 2 heterocycles. The molecule has 31 heavy (non-hydrogen) atoms. The van der Waals surface area contributed by atoms with Crippen molar-refractivity contribution in [1.82, 2.24) is 9.88 Å². The molecule has 1 saturated carbocycles. The van der Waals surface area contributed by atoms with Crippen LogP contribution in [0.5, 0.6) is 0 Å². The van der Waals surface area contributed by atoms with Gasteiger partial charge in [0.05, 0.1) is 16.1 Å².